The average molecular weight is 385 g/mol. The smallest absolute Gasteiger partial charge is 0.248 e. The molecule has 0 radical (unpaired) electrons. The number of amides is 1. The Bertz CT molecular complexity index is 1240. The van der Waals surface area contributed by atoms with E-state index in [-0.39, 0.29) is 5.91 Å². The predicted octanol–water partition coefficient (Wildman–Crippen LogP) is 4.84. The first-order chi connectivity index (χ1) is 13.7. The van der Waals surface area contributed by atoms with Crippen LogP contribution in [0.5, 0.6) is 0 Å². The van der Waals surface area contributed by atoms with E-state index in [4.69, 9.17) is 5.73 Å². The van der Waals surface area contributed by atoms with E-state index < -0.39 is 0 Å². The molecular weight excluding hydrogens is 366 g/mol. The zero-order valence-corrected chi connectivity index (χ0v) is 16.1. The summed E-state index contributed by atoms with van der Waals surface area (Å²) in [6, 6.07) is 16.1. The molecule has 1 aliphatic rings. The van der Waals surface area contributed by atoms with Crippen LogP contribution in [0.15, 0.2) is 66.2 Å². The van der Waals surface area contributed by atoms with Gasteiger partial charge in [0.2, 0.25) is 5.91 Å². The molecule has 0 atom stereocenters. The van der Waals surface area contributed by atoms with Crippen LogP contribution in [0.1, 0.15) is 22.3 Å². The lowest BCUT2D eigenvalue weighted by atomic mass is 9.97. The Kier molecular flexibility index (Phi) is 4.10. The number of hydrogen-bond acceptors (Lipinski definition) is 4. The normalized spacial score (nSPS) is 14.4. The molecule has 0 saturated heterocycles. The van der Waals surface area contributed by atoms with Crippen molar-refractivity contribution in [2.75, 3.05) is 18.0 Å². The Balaban J connectivity index is 1.48. The molecule has 5 rings (SSSR count). The fourth-order valence-corrected chi connectivity index (χ4v) is 4.89. The van der Waals surface area contributed by atoms with Crippen molar-refractivity contribution in [2.45, 2.75) is 6.42 Å². The first kappa shape index (κ1) is 17.0. The van der Waals surface area contributed by atoms with E-state index in [1.807, 2.05) is 24.4 Å². The standard InChI is InChI=1S/C23H19N3OS/c24-23(27)16-5-6-22-18(13-16)19(14-28-22)15-8-11-26(12-9-15)21-7-10-25-20-4-2-1-3-17(20)21/h1-8,10,13-14H,9,11-12H2,(H2,24,27). The summed E-state index contributed by atoms with van der Waals surface area (Å²) in [4.78, 5) is 18.4. The van der Waals surface area contributed by atoms with Crippen molar-refractivity contribution in [3.8, 4) is 0 Å². The molecule has 4 nitrogen and oxygen atoms in total. The minimum Gasteiger partial charge on any atom is -0.367 e. The number of hydrogen-bond donors (Lipinski definition) is 1. The molecule has 0 bridgehead atoms. The van der Waals surface area contributed by atoms with Crippen LogP contribution in [0.2, 0.25) is 0 Å². The highest BCUT2D eigenvalue weighted by Gasteiger charge is 2.18. The molecule has 0 fully saturated rings. The lowest BCUT2D eigenvalue weighted by molar-refractivity contribution is 0.100. The Morgan fingerprint density at radius 1 is 1.11 bits per heavy atom. The maximum absolute atomic E-state index is 11.6. The SMILES string of the molecule is NC(=O)c1ccc2scc(C3=CCN(c4ccnc5ccccc45)CC3)c2c1. The second-order valence-corrected chi connectivity index (χ2v) is 7.91. The number of pyridine rings is 1. The fraction of sp³-hybridized carbons (Fsp3) is 0.130. The van der Waals surface area contributed by atoms with Crippen molar-refractivity contribution in [2.24, 2.45) is 5.73 Å². The van der Waals surface area contributed by atoms with Gasteiger partial charge in [-0.15, -0.1) is 11.3 Å². The number of carbonyl (C=O) groups is 1. The van der Waals surface area contributed by atoms with Gasteiger partial charge in [0, 0.05) is 46.0 Å². The van der Waals surface area contributed by atoms with Crippen LogP contribution < -0.4 is 10.6 Å². The van der Waals surface area contributed by atoms with E-state index in [1.54, 1.807) is 17.4 Å². The van der Waals surface area contributed by atoms with E-state index in [9.17, 15) is 4.79 Å². The quantitative estimate of drug-likeness (QED) is 0.549. The number of primary amides is 1. The first-order valence-electron chi connectivity index (χ1n) is 9.30. The Hall–Kier alpha value is -3.18. The number of anilines is 1. The summed E-state index contributed by atoms with van der Waals surface area (Å²) in [7, 11) is 0. The second kappa shape index (κ2) is 6.77. The molecule has 0 unspecified atom stereocenters. The number of thiophene rings is 1. The number of rotatable bonds is 3. The van der Waals surface area contributed by atoms with Gasteiger partial charge in [0.25, 0.3) is 0 Å². The van der Waals surface area contributed by atoms with Gasteiger partial charge in [0.05, 0.1) is 5.52 Å². The lowest BCUT2D eigenvalue weighted by Gasteiger charge is -2.29. The zero-order chi connectivity index (χ0) is 19.1. The Morgan fingerprint density at radius 3 is 2.82 bits per heavy atom. The number of para-hydroxylation sites is 1. The summed E-state index contributed by atoms with van der Waals surface area (Å²) in [5.74, 6) is -0.382. The van der Waals surface area contributed by atoms with Crippen molar-refractivity contribution in [3.05, 3.63) is 77.3 Å². The van der Waals surface area contributed by atoms with E-state index in [0.29, 0.717) is 5.56 Å². The van der Waals surface area contributed by atoms with Crippen molar-refractivity contribution in [1.29, 1.82) is 0 Å². The van der Waals surface area contributed by atoms with Gasteiger partial charge in [-0.3, -0.25) is 9.78 Å². The molecule has 0 saturated carbocycles. The maximum atomic E-state index is 11.6. The molecule has 4 aromatic rings. The van der Waals surface area contributed by atoms with Gasteiger partial charge < -0.3 is 10.6 Å². The van der Waals surface area contributed by atoms with Gasteiger partial charge >= 0.3 is 0 Å². The molecule has 0 aliphatic carbocycles. The van der Waals surface area contributed by atoms with Gasteiger partial charge in [-0.05, 0) is 53.3 Å². The first-order valence-corrected chi connectivity index (χ1v) is 10.2. The van der Waals surface area contributed by atoms with Gasteiger partial charge in [-0.2, -0.15) is 0 Å². The Labute approximate surface area is 166 Å². The molecule has 2 N–H and O–H groups in total. The van der Waals surface area contributed by atoms with Crippen LogP contribution in [-0.4, -0.2) is 24.0 Å². The van der Waals surface area contributed by atoms with Crippen molar-refractivity contribution in [1.82, 2.24) is 4.98 Å². The summed E-state index contributed by atoms with van der Waals surface area (Å²) in [5.41, 5.74) is 10.8. The van der Waals surface area contributed by atoms with Gasteiger partial charge in [0.1, 0.15) is 0 Å². The largest absolute Gasteiger partial charge is 0.367 e. The monoisotopic (exact) mass is 385 g/mol. The van der Waals surface area contributed by atoms with Gasteiger partial charge in [0.15, 0.2) is 0 Å². The van der Waals surface area contributed by atoms with Crippen LogP contribution in [-0.2, 0) is 0 Å². The van der Waals surface area contributed by atoms with Crippen molar-refractivity contribution in [3.63, 3.8) is 0 Å². The predicted molar refractivity (Wildman–Crippen MR) is 117 cm³/mol. The molecular formula is C23H19N3OS. The van der Waals surface area contributed by atoms with Crippen LogP contribution >= 0.6 is 11.3 Å². The van der Waals surface area contributed by atoms with E-state index in [2.05, 4.69) is 45.6 Å². The number of nitrogens with zero attached hydrogens (tertiary/aromatic N) is 2. The highest BCUT2D eigenvalue weighted by Crippen LogP contribution is 2.36. The molecule has 138 valence electrons. The highest BCUT2D eigenvalue weighted by atomic mass is 32.1. The lowest BCUT2D eigenvalue weighted by Crippen LogP contribution is -2.28. The number of carbonyl (C=O) groups excluding carboxylic acids is 1. The molecule has 3 heterocycles. The summed E-state index contributed by atoms with van der Waals surface area (Å²) in [6.07, 6.45) is 5.15. The van der Waals surface area contributed by atoms with Crippen LogP contribution in [0, 0.1) is 0 Å². The summed E-state index contributed by atoms with van der Waals surface area (Å²) >= 11 is 1.71. The summed E-state index contributed by atoms with van der Waals surface area (Å²) in [5, 5.41) is 4.50. The third kappa shape index (κ3) is 2.84. The fourth-order valence-electron chi connectivity index (χ4n) is 3.92. The zero-order valence-electron chi connectivity index (χ0n) is 15.3. The number of aromatic nitrogens is 1. The number of fused-ring (bicyclic) bond motifs is 2. The van der Waals surface area contributed by atoms with E-state index in [0.717, 1.165) is 30.4 Å². The molecule has 1 aliphatic heterocycles. The Morgan fingerprint density at radius 2 is 2.00 bits per heavy atom. The minimum atomic E-state index is -0.382. The van der Waals surface area contributed by atoms with E-state index in [1.165, 1.54) is 26.9 Å². The average Bonchev–Trinajstić information content (AvgIpc) is 3.17. The van der Waals surface area contributed by atoms with Crippen molar-refractivity contribution >= 4 is 49.5 Å². The molecule has 1 amide bonds. The summed E-state index contributed by atoms with van der Waals surface area (Å²) in [6.45, 7) is 1.81. The van der Waals surface area contributed by atoms with Crippen LogP contribution in [0.25, 0.3) is 26.6 Å². The third-order valence-corrected chi connectivity index (χ3v) is 6.34. The number of nitrogens with two attached hydrogens (primary N) is 1. The maximum Gasteiger partial charge on any atom is 0.248 e. The molecule has 2 aromatic carbocycles. The second-order valence-electron chi connectivity index (χ2n) is 7.00. The van der Waals surface area contributed by atoms with Gasteiger partial charge in [-0.25, -0.2) is 0 Å². The third-order valence-electron chi connectivity index (χ3n) is 5.38. The summed E-state index contributed by atoms with van der Waals surface area (Å²) < 4.78 is 1.18. The van der Waals surface area contributed by atoms with Gasteiger partial charge in [-0.1, -0.05) is 24.3 Å². The van der Waals surface area contributed by atoms with E-state index >= 15 is 0 Å². The highest BCUT2D eigenvalue weighted by molar-refractivity contribution is 7.17. The molecule has 2 aromatic heterocycles. The molecule has 28 heavy (non-hydrogen) atoms. The minimum absolute atomic E-state index is 0.382. The molecule has 5 heteroatoms. The topological polar surface area (TPSA) is 59.2 Å². The van der Waals surface area contributed by atoms with Crippen molar-refractivity contribution < 1.29 is 4.79 Å². The van der Waals surface area contributed by atoms with Crippen LogP contribution in [0.4, 0.5) is 5.69 Å². The van der Waals surface area contributed by atoms with Crippen LogP contribution in [0.3, 0.4) is 0 Å². The number of benzene rings is 2. The molecule has 0 spiro atoms.